The predicted octanol–water partition coefficient (Wildman–Crippen LogP) is 2.32. The minimum atomic E-state index is -3.60. The first-order chi connectivity index (χ1) is 16.2. The van der Waals surface area contributed by atoms with Crippen molar-refractivity contribution in [2.75, 3.05) is 20.7 Å². The van der Waals surface area contributed by atoms with Crippen LogP contribution in [0.5, 0.6) is 5.75 Å². The van der Waals surface area contributed by atoms with E-state index in [1.165, 1.54) is 38.4 Å². The lowest BCUT2D eigenvalue weighted by Gasteiger charge is -2.12. The summed E-state index contributed by atoms with van der Waals surface area (Å²) in [5, 5.41) is 8.88. The van der Waals surface area contributed by atoms with Gasteiger partial charge in [0.15, 0.2) is 6.61 Å². The van der Waals surface area contributed by atoms with Gasteiger partial charge < -0.3 is 4.74 Å². The monoisotopic (exact) mass is 478 g/mol. The molecule has 0 aliphatic heterocycles. The number of nitrogens with zero attached hydrogens (tertiary/aromatic N) is 2. The van der Waals surface area contributed by atoms with Crippen LogP contribution in [-0.4, -0.2) is 45.2 Å². The lowest BCUT2D eigenvalue weighted by molar-refractivity contribution is -0.123. The van der Waals surface area contributed by atoms with E-state index in [9.17, 15) is 18.0 Å². The summed E-state index contributed by atoms with van der Waals surface area (Å²) >= 11 is 0. The number of hydrogen-bond acceptors (Lipinski definition) is 6. The van der Waals surface area contributed by atoms with Crippen LogP contribution in [0.3, 0.4) is 0 Å². The quantitative estimate of drug-likeness (QED) is 0.502. The molecule has 0 unspecified atom stereocenters. The Morgan fingerprint density at radius 3 is 1.97 bits per heavy atom. The van der Waals surface area contributed by atoms with Crippen molar-refractivity contribution < 1.29 is 22.7 Å². The van der Waals surface area contributed by atoms with Crippen LogP contribution in [0.25, 0.3) is 11.1 Å². The first-order valence-corrected chi connectivity index (χ1v) is 11.5. The van der Waals surface area contributed by atoms with Crippen LogP contribution in [0.1, 0.15) is 15.9 Å². The van der Waals surface area contributed by atoms with E-state index in [4.69, 9.17) is 10.00 Å². The number of sulfonamides is 1. The Kier molecular flexibility index (Phi) is 7.63. The Morgan fingerprint density at radius 1 is 0.882 bits per heavy atom. The van der Waals surface area contributed by atoms with E-state index in [0.29, 0.717) is 11.3 Å². The summed E-state index contributed by atoms with van der Waals surface area (Å²) in [6.07, 6.45) is 0. The van der Waals surface area contributed by atoms with Crippen molar-refractivity contribution in [2.45, 2.75) is 4.90 Å². The third-order valence-corrected chi connectivity index (χ3v) is 6.61. The Bertz CT molecular complexity index is 1310. The molecule has 9 nitrogen and oxygen atoms in total. The summed E-state index contributed by atoms with van der Waals surface area (Å²) in [6, 6.07) is 21.7. The number of carbonyl (C=O) groups excluding carboxylic acids is 2. The molecule has 10 heteroatoms. The molecule has 0 atom stereocenters. The van der Waals surface area contributed by atoms with Crippen molar-refractivity contribution in [3.05, 3.63) is 83.9 Å². The number of hydrazine groups is 1. The molecule has 174 valence electrons. The SMILES string of the molecule is CN(C)S(=O)(=O)c1ccc(C(=O)NNC(=O)COc2ccc(-c3ccc(C#N)cc3)cc2)cc1. The third kappa shape index (κ3) is 5.98. The average molecular weight is 479 g/mol. The standard InChI is InChI=1S/C24H22N4O5S/c1-28(2)34(31,32)22-13-9-20(10-14-22)24(30)27-26-23(29)16-33-21-11-7-19(8-12-21)18-5-3-17(15-25)4-6-18/h3-14H,16H2,1-2H3,(H,26,29)(H,27,30). The van der Waals surface area contributed by atoms with Gasteiger partial charge in [0.05, 0.1) is 16.5 Å². The van der Waals surface area contributed by atoms with Gasteiger partial charge in [-0.05, 0) is 59.7 Å². The van der Waals surface area contributed by atoms with Crippen molar-refractivity contribution >= 4 is 21.8 Å². The summed E-state index contributed by atoms with van der Waals surface area (Å²) in [5.74, 6) is -0.707. The van der Waals surface area contributed by atoms with E-state index in [-0.39, 0.29) is 17.1 Å². The number of ether oxygens (including phenoxy) is 1. The molecular formula is C24H22N4O5S. The van der Waals surface area contributed by atoms with Crippen molar-refractivity contribution in [3.63, 3.8) is 0 Å². The van der Waals surface area contributed by atoms with E-state index < -0.39 is 21.8 Å². The molecule has 0 bridgehead atoms. The van der Waals surface area contributed by atoms with Crippen LogP contribution < -0.4 is 15.6 Å². The summed E-state index contributed by atoms with van der Waals surface area (Å²) < 4.78 is 30.7. The second-order valence-electron chi connectivity index (χ2n) is 7.32. The Labute approximate surface area is 197 Å². The third-order valence-electron chi connectivity index (χ3n) is 4.78. The number of benzene rings is 3. The van der Waals surface area contributed by atoms with Crippen LogP contribution >= 0.6 is 0 Å². The van der Waals surface area contributed by atoms with Gasteiger partial charge in [-0.2, -0.15) is 5.26 Å². The van der Waals surface area contributed by atoms with Gasteiger partial charge in [-0.15, -0.1) is 0 Å². The summed E-state index contributed by atoms with van der Waals surface area (Å²) in [6.45, 7) is -0.323. The van der Waals surface area contributed by atoms with Crippen LogP contribution in [-0.2, 0) is 14.8 Å². The van der Waals surface area contributed by atoms with Crippen LogP contribution in [0.4, 0.5) is 0 Å². The Morgan fingerprint density at radius 2 is 1.44 bits per heavy atom. The fraction of sp³-hybridized carbons (Fsp3) is 0.125. The highest BCUT2D eigenvalue weighted by Gasteiger charge is 2.17. The van der Waals surface area contributed by atoms with Gasteiger partial charge in [-0.1, -0.05) is 24.3 Å². The van der Waals surface area contributed by atoms with Gasteiger partial charge >= 0.3 is 0 Å². The maximum absolute atomic E-state index is 12.2. The number of amides is 2. The summed E-state index contributed by atoms with van der Waals surface area (Å²) in [7, 11) is -0.769. The Balaban J connectivity index is 1.48. The lowest BCUT2D eigenvalue weighted by atomic mass is 10.0. The van der Waals surface area contributed by atoms with E-state index in [2.05, 4.69) is 16.9 Å². The van der Waals surface area contributed by atoms with E-state index in [0.717, 1.165) is 15.4 Å². The Hall–Kier alpha value is -4.20. The molecule has 3 aromatic carbocycles. The molecular weight excluding hydrogens is 456 g/mol. The number of carbonyl (C=O) groups is 2. The zero-order chi connectivity index (χ0) is 24.7. The molecule has 0 aliphatic rings. The molecule has 0 aliphatic carbocycles. The molecule has 2 N–H and O–H groups in total. The fourth-order valence-corrected chi connectivity index (χ4v) is 3.76. The molecule has 34 heavy (non-hydrogen) atoms. The van der Waals surface area contributed by atoms with Crippen LogP contribution in [0, 0.1) is 11.3 Å². The average Bonchev–Trinajstić information content (AvgIpc) is 2.86. The minimum Gasteiger partial charge on any atom is -0.484 e. The normalized spacial score (nSPS) is 10.9. The number of nitriles is 1. The van der Waals surface area contributed by atoms with Crippen molar-refractivity contribution in [1.82, 2.24) is 15.2 Å². The molecule has 0 spiro atoms. The predicted molar refractivity (Wildman–Crippen MR) is 125 cm³/mol. The highest BCUT2D eigenvalue weighted by atomic mass is 32.2. The van der Waals surface area contributed by atoms with Gasteiger partial charge in [0.1, 0.15) is 5.75 Å². The molecule has 0 saturated carbocycles. The van der Waals surface area contributed by atoms with E-state index in [1.807, 2.05) is 24.3 Å². The van der Waals surface area contributed by atoms with Crippen LogP contribution in [0.15, 0.2) is 77.7 Å². The van der Waals surface area contributed by atoms with Gasteiger partial charge in [0.2, 0.25) is 10.0 Å². The molecule has 0 aromatic heterocycles. The van der Waals surface area contributed by atoms with E-state index in [1.54, 1.807) is 24.3 Å². The van der Waals surface area contributed by atoms with Gasteiger partial charge in [0, 0.05) is 19.7 Å². The molecule has 3 aromatic rings. The second kappa shape index (κ2) is 10.6. The zero-order valence-electron chi connectivity index (χ0n) is 18.5. The molecule has 2 amide bonds. The molecule has 0 radical (unpaired) electrons. The van der Waals surface area contributed by atoms with Gasteiger partial charge in [0.25, 0.3) is 11.8 Å². The van der Waals surface area contributed by atoms with Crippen LogP contribution in [0.2, 0.25) is 0 Å². The van der Waals surface area contributed by atoms with Gasteiger partial charge in [-0.3, -0.25) is 20.4 Å². The molecule has 0 fully saturated rings. The molecule has 0 saturated heterocycles. The highest BCUT2D eigenvalue weighted by Crippen LogP contribution is 2.22. The van der Waals surface area contributed by atoms with E-state index >= 15 is 0 Å². The van der Waals surface area contributed by atoms with Crippen molar-refractivity contribution in [3.8, 4) is 22.9 Å². The molecule has 3 rings (SSSR count). The minimum absolute atomic E-state index is 0.0525. The lowest BCUT2D eigenvalue weighted by Crippen LogP contribution is -2.43. The molecule has 0 heterocycles. The number of rotatable bonds is 7. The smallest absolute Gasteiger partial charge is 0.276 e. The van der Waals surface area contributed by atoms with Crippen molar-refractivity contribution in [1.29, 1.82) is 5.26 Å². The zero-order valence-corrected chi connectivity index (χ0v) is 19.3. The topological polar surface area (TPSA) is 129 Å². The largest absolute Gasteiger partial charge is 0.484 e. The first-order valence-electron chi connectivity index (χ1n) is 10.1. The van der Waals surface area contributed by atoms with Gasteiger partial charge in [-0.25, -0.2) is 12.7 Å². The number of hydrogen-bond donors (Lipinski definition) is 2. The maximum atomic E-state index is 12.2. The van der Waals surface area contributed by atoms with Crippen molar-refractivity contribution in [2.24, 2.45) is 0 Å². The fourth-order valence-electron chi connectivity index (χ4n) is 2.85. The maximum Gasteiger partial charge on any atom is 0.276 e. The summed E-state index contributed by atoms with van der Waals surface area (Å²) in [4.78, 5) is 24.2. The number of nitrogens with one attached hydrogen (secondary N) is 2. The second-order valence-corrected chi connectivity index (χ2v) is 9.47. The first kappa shape index (κ1) is 24.4. The summed E-state index contributed by atoms with van der Waals surface area (Å²) in [5.41, 5.74) is 7.13. The highest BCUT2D eigenvalue weighted by molar-refractivity contribution is 7.89.